The first-order chi connectivity index (χ1) is 47.5. The third kappa shape index (κ3) is 13.6. The number of nitriles is 2. The van der Waals surface area contributed by atoms with Gasteiger partial charge >= 0.3 is 0 Å². The van der Waals surface area contributed by atoms with Crippen LogP contribution in [0.1, 0.15) is 66.8 Å². The smallest absolute Gasteiger partial charge is 0.126 e. The van der Waals surface area contributed by atoms with Crippen molar-refractivity contribution in [3.05, 3.63) is 419 Å². The molecular weight excluding hydrogens is 1170 g/mol. The summed E-state index contributed by atoms with van der Waals surface area (Å²) in [4.78, 5) is 4.45. The minimum absolute atomic E-state index is 0.431. The molecule has 0 radical (unpaired) electrons. The second-order valence-corrected chi connectivity index (χ2v) is 22.9. The van der Waals surface area contributed by atoms with Gasteiger partial charge in [0, 0.05) is 45.3 Å². The Bertz CT molecular complexity index is 4580. The molecule has 0 saturated carbocycles. The number of hydrogen-bond donors (Lipinski definition) is 0. The van der Waals surface area contributed by atoms with Crippen molar-refractivity contribution < 1.29 is 9.47 Å². The second kappa shape index (κ2) is 29.5. The standard InChI is InChI=1S/C90H66N4O2/c1-95-85-61-76(60-78(64-92)66-45-53-82(54-46-66)94(80-41-25-10-26-42-80)84-57-49-74(50-58-84)90(72-37-21-8-22-38-72)88(69-31-15-5-16-32-69)70-33-17-6-18-34-70)86(96-2)62-75(85)59-77(63-91)65-43-51-81(52-44-65)93(79-39-23-9-24-40-79)83-55-47-73(48-56-83)89(71-35-19-7-20-36-71)87(67-27-11-3-12-28-67)68-29-13-4-14-30-68/h3-62H,1-2H3/b77-59+,78-60+. The number of hydrogen-bond acceptors (Lipinski definition) is 6. The van der Waals surface area contributed by atoms with Gasteiger partial charge in [-0.3, -0.25) is 0 Å². The Morgan fingerprint density at radius 2 is 0.438 bits per heavy atom. The van der Waals surface area contributed by atoms with Gasteiger partial charge in [0.15, 0.2) is 0 Å². The van der Waals surface area contributed by atoms with Gasteiger partial charge in [-0.2, -0.15) is 10.5 Å². The molecule has 0 amide bonds. The summed E-state index contributed by atoms with van der Waals surface area (Å²) >= 11 is 0. The largest absolute Gasteiger partial charge is 0.496 e. The maximum Gasteiger partial charge on any atom is 0.126 e. The van der Waals surface area contributed by atoms with Crippen LogP contribution in [0.3, 0.4) is 0 Å². The molecule has 0 aliphatic rings. The average molecular weight is 1240 g/mol. The average Bonchev–Trinajstić information content (AvgIpc) is 0.812. The fourth-order valence-corrected chi connectivity index (χ4v) is 12.5. The molecule has 13 aromatic rings. The highest BCUT2D eigenvalue weighted by Gasteiger charge is 2.22. The van der Waals surface area contributed by atoms with Crippen molar-refractivity contribution in [1.29, 1.82) is 10.5 Å². The molecule has 96 heavy (non-hydrogen) atoms. The summed E-state index contributed by atoms with van der Waals surface area (Å²) in [5.74, 6) is 1.02. The lowest BCUT2D eigenvalue weighted by molar-refractivity contribution is 0.401. The third-order valence-electron chi connectivity index (χ3n) is 17.0. The van der Waals surface area contributed by atoms with Crippen molar-refractivity contribution in [3.63, 3.8) is 0 Å². The van der Waals surface area contributed by atoms with Gasteiger partial charge in [-0.05, 0) is 175 Å². The van der Waals surface area contributed by atoms with E-state index in [1.807, 2.05) is 109 Å². The van der Waals surface area contributed by atoms with Crippen LogP contribution in [0.4, 0.5) is 34.1 Å². The normalized spacial score (nSPS) is 11.1. The van der Waals surface area contributed by atoms with Gasteiger partial charge in [-0.15, -0.1) is 0 Å². The SMILES string of the molecule is COc1cc(/C=C(\C#N)c2ccc(N(c3ccccc3)c3ccc(C(=C(c4ccccc4)c4ccccc4)c4ccccc4)cc3)cc2)c(OC)cc1/C=C(\C#N)c1ccc(N(c2ccccc2)c2ccc(C(=C(c3ccccc3)c3ccccc3)c3ccccc3)cc2)cc1. The van der Waals surface area contributed by atoms with Crippen LogP contribution in [0.15, 0.2) is 352 Å². The molecule has 0 bridgehead atoms. The topological polar surface area (TPSA) is 72.5 Å². The Hall–Kier alpha value is -13.0. The van der Waals surface area contributed by atoms with Gasteiger partial charge in [0.2, 0.25) is 0 Å². The Morgan fingerprint density at radius 1 is 0.250 bits per heavy atom. The molecule has 6 nitrogen and oxygen atoms in total. The minimum Gasteiger partial charge on any atom is -0.496 e. The predicted octanol–water partition coefficient (Wildman–Crippen LogP) is 22.8. The van der Waals surface area contributed by atoms with Crippen LogP contribution in [0, 0.1) is 22.7 Å². The highest BCUT2D eigenvalue weighted by molar-refractivity contribution is 6.06. The summed E-state index contributed by atoms with van der Waals surface area (Å²) < 4.78 is 12.0. The maximum atomic E-state index is 10.8. The number of rotatable bonds is 20. The first-order valence-electron chi connectivity index (χ1n) is 31.9. The maximum absolute atomic E-state index is 10.8. The minimum atomic E-state index is 0.431. The molecule has 13 rings (SSSR count). The van der Waals surface area contributed by atoms with E-state index >= 15 is 0 Å². The van der Waals surface area contributed by atoms with E-state index < -0.39 is 0 Å². The zero-order chi connectivity index (χ0) is 65.4. The summed E-state index contributed by atoms with van der Waals surface area (Å²) in [5.41, 5.74) is 22.9. The number of nitrogens with zero attached hydrogens (tertiary/aromatic N) is 4. The van der Waals surface area contributed by atoms with Gasteiger partial charge in [0.1, 0.15) is 11.5 Å². The van der Waals surface area contributed by atoms with Crippen LogP contribution in [0.25, 0.3) is 45.6 Å². The number of ether oxygens (including phenoxy) is 2. The summed E-state index contributed by atoms with van der Waals surface area (Å²) in [5, 5.41) is 21.6. The van der Waals surface area contributed by atoms with Gasteiger partial charge in [-0.1, -0.05) is 267 Å². The van der Waals surface area contributed by atoms with Crippen molar-refractivity contribution in [2.24, 2.45) is 0 Å². The molecular formula is C90H66N4O2. The lowest BCUT2D eigenvalue weighted by Gasteiger charge is -2.26. The van der Waals surface area contributed by atoms with E-state index in [1.165, 1.54) is 0 Å². The van der Waals surface area contributed by atoms with Crippen LogP contribution in [-0.2, 0) is 0 Å². The Kier molecular flexibility index (Phi) is 19.0. The van der Waals surface area contributed by atoms with E-state index in [1.54, 1.807) is 14.2 Å². The summed E-state index contributed by atoms with van der Waals surface area (Å²) in [6, 6.07) is 126. The molecule has 458 valence electrons. The molecule has 0 N–H and O–H groups in total. The molecule has 0 aliphatic heterocycles. The summed E-state index contributed by atoms with van der Waals surface area (Å²) in [6.07, 6.45) is 3.63. The quantitative estimate of drug-likeness (QED) is 0.0559. The highest BCUT2D eigenvalue weighted by Crippen LogP contribution is 2.44. The van der Waals surface area contributed by atoms with Gasteiger partial charge in [0.05, 0.1) is 37.5 Å². The first kappa shape index (κ1) is 61.8. The molecule has 0 atom stereocenters. The lowest BCUT2D eigenvalue weighted by atomic mass is 9.86. The molecule has 0 unspecified atom stereocenters. The van der Waals surface area contributed by atoms with Crippen LogP contribution < -0.4 is 19.3 Å². The van der Waals surface area contributed by atoms with E-state index in [0.29, 0.717) is 33.8 Å². The molecule has 0 spiro atoms. The van der Waals surface area contributed by atoms with Crippen LogP contribution in [0.2, 0.25) is 0 Å². The zero-order valence-corrected chi connectivity index (χ0v) is 53.2. The van der Waals surface area contributed by atoms with Crippen molar-refractivity contribution in [2.75, 3.05) is 24.0 Å². The number of allylic oxidation sites excluding steroid dienone is 2. The van der Waals surface area contributed by atoms with Gasteiger partial charge < -0.3 is 19.3 Å². The summed E-state index contributed by atoms with van der Waals surface area (Å²) in [6.45, 7) is 0. The summed E-state index contributed by atoms with van der Waals surface area (Å²) in [7, 11) is 3.20. The van der Waals surface area contributed by atoms with Crippen LogP contribution in [0.5, 0.6) is 11.5 Å². The Morgan fingerprint density at radius 3 is 0.646 bits per heavy atom. The van der Waals surface area contributed by atoms with Crippen molar-refractivity contribution in [3.8, 4) is 23.6 Å². The Balaban J connectivity index is 0.787. The van der Waals surface area contributed by atoms with Crippen LogP contribution >= 0.6 is 0 Å². The van der Waals surface area contributed by atoms with Crippen molar-refractivity contribution in [1.82, 2.24) is 0 Å². The third-order valence-corrected chi connectivity index (χ3v) is 17.0. The molecule has 13 aromatic carbocycles. The number of methoxy groups -OCH3 is 2. The van der Waals surface area contributed by atoms with E-state index in [0.717, 1.165) is 112 Å². The lowest BCUT2D eigenvalue weighted by Crippen LogP contribution is -2.10. The molecule has 0 aliphatic carbocycles. The Labute approximate surface area is 562 Å². The number of anilines is 6. The first-order valence-corrected chi connectivity index (χ1v) is 31.9. The van der Waals surface area contributed by atoms with Crippen LogP contribution in [-0.4, -0.2) is 14.2 Å². The van der Waals surface area contributed by atoms with Crippen molar-refractivity contribution >= 4 is 79.7 Å². The highest BCUT2D eigenvalue weighted by atomic mass is 16.5. The second-order valence-electron chi connectivity index (χ2n) is 22.9. The number of benzene rings is 13. The monoisotopic (exact) mass is 1230 g/mol. The van der Waals surface area contributed by atoms with E-state index in [9.17, 15) is 10.5 Å². The molecule has 0 heterocycles. The van der Waals surface area contributed by atoms with E-state index in [2.05, 4.69) is 277 Å². The number of para-hydroxylation sites is 2. The molecule has 6 heteroatoms. The van der Waals surface area contributed by atoms with Crippen molar-refractivity contribution in [2.45, 2.75) is 0 Å². The molecule has 0 aromatic heterocycles. The van der Waals surface area contributed by atoms with Gasteiger partial charge in [0.25, 0.3) is 0 Å². The van der Waals surface area contributed by atoms with E-state index in [-0.39, 0.29) is 0 Å². The fraction of sp³-hybridized carbons (Fsp3) is 0.0222. The fourth-order valence-electron chi connectivity index (χ4n) is 12.5. The molecule has 0 fully saturated rings. The van der Waals surface area contributed by atoms with Gasteiger partial charge in [-0.25, -0.2) is 0 Å². The van der Waals surface area contributed by atoms with E-state index in [4.69, 9.17) is 9.47 Å². The molecule has 0 saturated heterocycles. The predicted molar refractivity (Wildman–Crippen MR) is 397 cm³/mol. The zero-order valence-electron chi connectivity index (χ0n) is 53.2.